The lowest BCUT2D eigenvalue weighted by atomic mass is 10.0. The zero-order valence-corrected chi connectivity index (χ0v) is 15.4. The lowest BCUT2D eigenvalue weighted by molar-refractivity contribution is -0.154. The maximum absolute atomic E-state index is 12.4. The van der Waals surface area contributed by atoms with E-state index in [1.165, 1.54) is 10.9 Å². The molecular weight excluding hydrogens is 362 g/mol. The van der Waals surface area contributed by atoms with E-state index < -0.39 is 5.92 Å². The van der Waals surface area contributed by atoms with E-state index in [-0.39, 0.29) is 24.8 Å². The molecule has 0 radical (unpaired) electrons. The van der Waals surface area contributed by atoms with Crippen LogP contribution in [0.1, 0.15) is 32.6 Å². The van der Waals surface area contributed by atoms with Gasteiger partial charge < -0.3 is 0 Å². The molecule has 2 amide bonds. The molecule has 26 heavy (non-hydrogen) atoms. The lowest BCUT2D eigenvalue weighted by Crippen LogP contribution is -2.40. The van der Waals surface area contributed by atoms with Crippen molar-refractivity contribution in [2.75, 3.05) is 12.0 Å². The number of anilines is 1. The Bertz CT molecular complexity index is 767. The summed E-state index contributed by atoms with van der Waals surface area (Å²) >= 11 is 5.96. The van der Waals surface area contributed by atoms with Crippen LogP contribution in [0.5, 0.6) is 0 Å². The number of hydrogen-bond acceptors (Lipinski definition) is 7. The Labute approximate surface area is 155 Å². The lowest BCUT2D eigenvalue weighted by Gasteiger charge is -2.19. The molecule has 2 rings (SSSR count). The monoisotopic (exact) mass is 383 g/mol. The molecule has 0 saturated carbocycles. The van der Waals surface area contributed by atoms with Gasteiger partial charge in [-0.25, -0.2) is 14.7 Å². The molecule has 0 unspecified atom stereocenters. The number of nitrogens with zero attached hydrogens (tertiary/aromatic N) is 5. The van der Waals surface area contributed by atoms with E-state index in [1.807, 2.05) is 0 Å². The number of halogens is 1. The van der Waals surface area contributed by atoms with Crippen LogP contribution in [-0.4, -0.2) is 48.9 Å². The normalized spacial score (nSPS) is 12.0. The first-order chi connectivity index (χ1) is 12.5. The van der Waals surface area contributed by atoms with Crippen LogP contribution >= 0.6 is 11.6 Å². The fourth-order valence-electron chi connectivity index (χ4n) is 2.49. The third-order valence-electron chi connectivity index (χ3n) is 3.89. The number of hydrazine groups is 1. The van der Waals surface area contributed by atoms with Gasteiger partial charge in [0.25, 0.3) is 0 Å². The highest BCUT2D eigenvalue weighted by atomic mass is 35.5. The van der Waals surface area contributed by atoms with Crippen LogP contribution in [0, 0.1) is 5.92 Å². The molecule has 0 saturated heterocycles. The van der Waals surface area contributed by atoms with Gasteiger partial charge in [-0.05, 0) is 6.42 Å². The van der Waals surface area contributed by atoms with E-state index in [1.54, 1.807) is 7.05 Å². The van der Waals surface area contributed by atoms with E-state index in [9.17, 15) is 14.8 Å². The topological polar surface area (TPSA) is 125 Å². The summed E-state index contributed by atoms with van der Waals surface area (Å²) in [6.45, 7) is 1.97. The van der Waals surface area contributed by atoms with Gasteiger partial charge in [0, 0.05) is 13.2 Å². The Morgan fingerprint density at radius 1 is 1.50 bits per heavy atom. The summed E-state index contributed by atoms with van der Waals surface area (Å²) in [6, 6.07) is 0. The van der Waals surface area contributed by atoms with Gasteiger partial charge in [-0.1, -0.05) is 37.8 Å². The quantitative estimate of drug-likeness (QED) is 0.245. The molecule has 0 aliphatic carbocycles. The van der Waals surface area contributed by atoms with Gasteiger partial charge in [-0.15, -0.1) is 0 Å². The van der Waals surface area contributed by atoms with Gasteiger partial charge >= 0.3 is 0 Å². The minimum Gasteiger partial charge on any atom is -0.286 e. The van der Waals surface area contributed by atoms with Gasteiger partial charge in [-0.2, -0.15) is 10.1 Å². The average molecular weight is 384 g/mol. The highest BCUT2D eigenvalue weighted by Gasteiger charge is 2.21. The number of carbonyl (C=O) groups excluding carboxylic acids is 2. The molecule has 10 nitrogen and oxygen atoms in total. The van der Waals surface area contributed by atoms with E-state index in [2.05, 4.69) is 32.8 Å². The minimum absolute atomic E-state index is 0.0854. The fourth-order valence-corrected chi connectivity index (χ4v) is 2.74. The molecule has 0 aliphatic heterocycles. The van der Waals surface area contributed by atoms with Gasteiger partial charge in [0.2, 0.25) is 18.3 Å². The number of amides is 2. The van der Waals surface area contributed by atoms with Crippen LogP contribution < -0.4 is 10.9 Å². The van der Waals surface area contributed by atoms with Crippen LogP contribution in [0.2, 0.25) is 5.15 Å². The summed E-state index contributed by atoms with van der Waals surface area (Å²) in [6.07, 6.45) is 5.11. The van der Waals surface area contributed by atoms with E-state index in [4.69, 9.17) is 11.6 Å². The molecule has 0 fully saturated rings. The average Bonchev–Trinajstić information content (AvgIpc) is 2.92. The second-order valence-corrected chi connectivity index (χ2v) is 6.24. The first-order valence-corrected chi connectivity index (χ1v) is 8.66. The van der Waals surface area contributed by atoms with Crippen molar-refractivity contribution in [3.8, 4) is 0 Å². The van der Waals surface area contributed by atoms with Crippen LogP contribution in [-0.2, 0) is 16.6 Å². The molecule has 0 bridgehead atoms. The third-order valence-corrected chi connectivity index (χ3v) is 4.17. The molecule has 1 atom stereocenters. The largest absolute Gasteiger partial charge is 0.286 e. The minimum atomic E-state index is -0.556. The van der Waals surface area contributed by atoms with Crippen molar-refractivity contribution in [3.05, 3.63) is 11.3 Å². The van der Waals surface area contributed by atoms with Gasteiger partial charge in [-0.3, -0.25) is 25.6 Å². The zero-order chi connectivity index (χ0) is 19.1. The SMILES string of the molecule is CCCCC[C@@H](CN(O)C=O)C(=O)NNc1ncc2c(Cl)nn(C)c2n1. The summed E-state index contributed by atoms with van der Waals surface area (Å²) in [7, 11) is 1.70. The number of aromatic nitrogens is 4. The molecule has 2 heterocycles. The van der Waals surface area contributed by atoms with Crippen LogP contribution in [0.4, 0.5) is 5.95 Å². The second-order valence-electron chi connectivity index (χ2n) is 5.88. The molecule has 0 aliphatic rings. The van der Waals surface area contributed by atoms with Crippen molar-refractivity contribution in [2.24, 2.45) is 13.0 Å². The number of nitrogens with one attached hydrogen (secondary N) is 2. The molecule has 2 aromatic heterocycles. The molecule has 0 aromatic carbocycles. The maximum Gasteiger partial charge on any atom is 0.243 e. The molecule has 3 N–H and O–H groups in total. The number of carbonyl (C=O) groups is 2. The number of aryl methyl sites for hydroxylation is 1. The fraction of sp³-hybridized carbons (Fsp3) is 0.533. The smallest absolute Gasteiger partial charge is 0.243 e. The van der Waals surface area contributed by atoms with Crippen molar-refractivity contribution in [3.63, 3.8) is 0 Å². The van der Waals surface area contributed by atoms with Crippen LogP contribution in [0.15, 0.2) is 6.20 Å². The Kier molecular flexibility index (Phi) is 7.10. The Balaban J connectivity index is 2.01. The number of hydrogen-bond donors (Lipinski definition) is 3. The van der Waals surface area contributed by atoms with Crippen molar-refractivity contribution in [2.45, 2.75) is 32.6 Å². The van der Waals surface area contributed by atoms with Crippen LogP contribution in [0.25, 0.3) is 11.0 Å². The van der Waals surface area contributed by atoms with Crippen LogP contribution in [0.3, 0.4) is 0 Å². The van der Waals surface area contributed by atoms with Crippen molar-refractivity contribution in [1.29, 1.82) is 0 Å². The predicted octanol–water partition coefficient (Wildman–Crippen LogP) is 1.50. The third kappa shape index (κ3) is 5.02. The molecule has 11 heteroatoms. The van der Waals surface area contributed by atoms with Gasteiger partial charge in [0.15, 0.2) is 10.8 Å². The Morgan fingerprint density at radius 3 is 2.96 bits per heavy atom. The van der Waals surface area contributed by atoms with Crippen molar-refractivity contribution < 1.29 is 14.8 Å². The van der Waals surface area contributed by atoms with E-state index in [0.29, 0.717) is 27.7 Å². The Morgan fingerprint density at radius 2 is 2.27 bits per heavy atom. The predicted molar refractivity (Wildman–Crippen MR) is 95.3 cm³/mol. The first-order valence-electron chi connectivity index (χ1n) is 8.28. The van der Waals surface area contributed by atoms with Gasteiger partial charge in [0.05, 0.1) is 17.8 Å². The van der Waals surface area contributed by atoms with Crippen molar-refractivity contribution >= 4 is 40.9 Å². The molecule has 0 spiro atoms. The molecule has 142 valence electrons. The summed E-state index contributed by atoms with van der Waals surface area (Å²) < 4.78 is 1.51. The second kappa shape index (κ2) is 9.30. The number of unbranched alkanes of at least 4 members (excludes halogenated alkanes) is 2. The standard InChI is InChI=1S/C15H22ClN7O3/c1-3-4-5-6-10(8-23(26)9-24)14(25)19-20-15-17-7-11-12(16)21-22(2)13(11)18-15/h7,9-10,26H,3-6,8H2,1-2H3,(H,19,25)(H,17,18,20)/t10-/m0/s1. The highest BCUT2D eigenvalue weighted by molar-refractivity contribution is 6.34. The first kappa shape index (κ1) is 19.9. The summed E-state index contributed by atoms with van der Waals surface area (Å²) in [5, 5.41) is 14.8. The zero-order valence-electron chi connectivity index (χ0n) is 14.6. The highest BCUT2D eigenvalue weighted by Crippen LogP contribution is 2.20. The van der Waals surface area contributed by atoms with E-state index in [0.717, 1.165) is 19.3 Å². The summed E-state index contributed by atoms with van der Waals surface area (Å²) in [4.78, 5) is 31.3. The number of fused-ring (bicyclic) bond motifs is 1. The summed E-state index contributed by atoms with van der Waals surface area (Å²) in [5.41, 5.74) is 5.67. The number of hydroxylamine groups is 2. The summed E-state index contributed by atoms with van der Waals surface area (Å²) in [5.74, 6) is -0.748. The van der Waals surface area contributed by atoms with Gasteiger partial charge in [0.1, 0.15) is 0 Å². The number of rotatable bonds is 10. The van der Waals surface area contributed by atoms with E-state index >= 15 is 0 Å². The molecule has 2 aromatic rings. The Hall–Kier alpha value is -2.46. The maximum atomic E-state index is 12.4. The van der Waals surface area contributed by atoms with Crippen molar-refractivity contribution in [1.82, 2.24) is 30.2 Å². The molecular formula is C15H22ClN7O3.